The molecule has 2 heteroatoms. The van der Waals surface area contributed by atoms with Gasteiger partial charge in [0.2, 0.25) is 0 Å². The monoisotopic (exact) mass is 236 g/mol. The maximum absolute atomic E-state index is 3.77. The largest absolute Gasteiger partial charge is 0.311 e. The molecule has 1 saturated heterocycles. The summed E-state index contributed by atoms with van der Waals surface area (Å²) in [5, 5.41) is 3.77. The lowest BCUT2D eigenvalue weighted by Crippen LogP contribution is -2.57. The van der Waals surface area contributed by atoms with Crippen LogP contribution in [0.5, 0.6) is 0 Å². The van der Waals surface area contributed by atoms with Crippen LogP contribution in [0.3, 0.4) is 0 Å². The van der Waals surface area contributed by atoms with Gasteiger partial charge in [0.05, 0.1) is 0 Å². The van der Waals surface area contributed by atoms with E-state index < -0.39 is 0 Å². The third-order valence-electron chi connectivity index (χ3n) is 4.11. The second-order valence-electron chi connectivity index (χ2n) is 6.03. The van der Waals surface area contributed by atoms with Crippen LogP contribution >= 0.6 is 0 Å². The Morgan fingerprint density at radius 2 is 2.12 bits per heavy atom. The molecule has 0 spiro atoms. The molecule has 0 amide bonds. The molecule has 0 aromatic carbocycles. The Morgan fingerprint density at radius 1 is 1.35 bits per heavy atom. The summed E-state index contributed by atoms with van der Waals surface area (Å²) in [6, 6.07) is 1.53. The van der Waals surface area contributed by atoms with Gasteiger partial charge in [0.1, 0.15) is 0 Å². The van der Waals surface area contributed by atoms with E-state index in [1.807, 2.05) is 0 Å². The Kier molecular flexibility index (Phi) is 4.63. The average Bonchev–Trinajstić information content (AvgIpc) is 3.12. The fourth-order valence-electron chi connectivity index (χ4n) is 2.84. The molecule has 1 heterocycles. The Morgan fingerprint density at radius 3 is 2.71 bits per heavy atom. The second-order valence-corrected chi connectivity index (χ2v) is 6.03. The number of nitrogens with one attached hydrogen (secondary N) is 1. The molecule has 2 unspecified atom stereocenters. The van der Waals surface area contributed by atoms with E-state index in [9.17, 15) is 0 Å². The lowest BCUT2D eigenvalue weighted by atomic mass is 10.0. The van der Waals surface area contributed by atoms with Gasteiger partial charge in [-0.2, -0.15) is 0 Å². The number of rotatable bonds is 5. The molecule has 0 radical (unpaired) electrons. The lowest BCUT2D eigenvalue weighted by molar-refractivity contribution is 0.129. The minimum Gasteiger partial charge on any atom is -0.311 e. The zero-order valence-corrected chi connectivity index (χ0v) is 11.7. The van der Waals surface area contributed by atoms with Crippen LogP contribution in [0.15, 0.2) is 11.6 Å². The van der Waals surface area contributed by atoms with Crippen molar-refractivity contribution in [1.82, 2.24) is 10.2 Å². The summed E-state index contributed by atoms with van der Waals surface area (Å²) in [5.74, 6) is 0.978. The van der Waals surface area contributed by atoms with Gasteiger partial charge in [-0.3, -0.25) is 4.90 Å². The molecule has 2 fully saturated rings. The van der Waals surface area contributed by atoms with Crippen molar-refractivity contribution < 1.29 is 0 Å². The molecule has 0 bridgehead atoms. The molecule has 98 valence electrons. The highest BCUT2D eigenvalue weighted by Crippen LogP contribution is 2.34. The van der Waals surface area contributed by atoms with Gasteiger partial charge in [-0.1, -0.05) is 25.0 Å². The molecule has 1 saturated carbocycles. The summed E-state index contributed by atoms with van der Waals surface area (Å²) in [7, 11) is 0. The van der Waals surface area contributed by atoms with Gasteiger partial charge in [0.25, 0.3) is 0 Å². The van der Waals surface area contributed by atoms with Crippen LogP contribution in [0.2, 0.25) is 0 Å². The van der Waals surface area contributed by atoms with Crippen LogP contribution in [0.4, 0.5) is 0 Å². The first-order chi connectivity index (χ1) is 8.20. The average molecular weight is 236 g/mol. The van der Waals surface area contributed by atoms with Crippen molar-refractivity contribution in [1.29, 1.82) is 0 Å². The van der Waals surface area contributed by atoms with Crippen molar-refractivity contribution in [3.8, 4) is 0 Å². The first-order valence-corrected chi connectivity index (χ1v) is 7.31. The maximum atomic E-state index is 3.77. The van der Waals surface area contributed by atoms with E-state index in [4.69, 9.17) is 0 Å². The normalized spacial score (nSPS) is 30.3. The summed E-state index contributed by atoms with van der Waals surface area (Å²) in [6.45, 7) is 10.3. The topological polar surface area (TPSA) is 15.3 Å². The van der Waals surface area contributed by atoms with E-state index in [0.29, 0.717) is 0 Å². The molecular formula is C15H28N2. The van der Waals surface area contributed by atoms with Gasteiger partial charge in [-0.25, -0.2) is 0 Å². The standard InChI is InChI=1S/C15H28N2/c1-4-5-14-10-16-15(13-6-7-13)11-17(14)9-8-12(2)3/h8,13-16H,4-7,9-11H2,1-3H3. The predicted molar refractivity (Wildman–Crippen MR) is 74.2 cm³/mol. The van der Waals surface area contributed by atoms with Crippen molar-refractivity contribution in [3.05, 3.63) is 11.6 Å². The van der Waals surface area contributed by atoms with E-state index in [1.165, 1.54) is 44.3 Å². The molecule has 1 aliphatic heterocycles. The zero-order chi connectivity index (χ0) is 12.3. The summed E-state index contributed by atoms with van der Waals surface area (Å²) in [4.78, 5) is 2.70. The molecule has 2 atom stereocenters. The summed E-state index contributed by atoms with van der Waals surface area (Å²) in [5.41, 5.74) is 1.45. The number of piperazine rings is 1. The van der Waals surface area contributed by atoms with Crippen molar-refractivity contribution in [2.75, 3.05) is 19.6 Å². The van der Waals surface area contributed by atoms with Gasteiger partial charge in [-0.05, 0) is 39.0 Å². The highest BCUT2D eigenvalue weighted by atomic mass is 15.2. The Labute approximate surface area is 106 Å². The number of allylic oxidation sites excluding steroid dienone is 1. The number of hydrogen-bond acceptors (Lipinski definition) is 2. The summed E-state index contributed by atoms with van der Waals surface area (Å²) >= 11 is 0. The van der Waals surface area contributed by atoms with Crippen LogP contribution in [0.1, 0.15) is 46.5 Å². The Hall–Kier alpha value is -0.340. The van der Waals surface area contributed by atoms with E-state index in [0.717, 1.165) is 24.5 Å². The molecule has 0 aromatic heterocycles. The Bertz CT molecular complexity index is 264. The predicted octanol–water partition coefficient (Wildman–Crippen LogP) is 2.81. The van der Waals surface area contributed by atoms with Gasteiger partial charge in [-0.15, -0.1) is 0 Å². The molecule has 2 nitrogen and oxygen atoms in total. The van der Waals surface area contributed by atoms with Crippen LogP contribution in [0, 0.1) is 5.92 Å². The van der Waals surface area contributed by atoms with Crippen LogP contribution in [0.25, 0.3) is 0 Å². The fraction of sp³-hybridized carbons (Fsp3) is 0.867. The summed E-state index contributed by atoms with van der Waals surface area (Å²) in [6.07, 6.45) is 7.92. The highest BCUT2D eigenvalue weighted by Gasteiger charge is 2.36. The van der Waals surface area contributed by atoms with E-state index in [-0.39, 0.29) is 0 Å². The van der Waals surface area contributed by atoms with Crippen LogP contribution in [-0.2, 0) is 0 Å². The molecular weight excluding hydrogens is 208 g/mol. The van der Waals surface area contributed by atoms with Gasteiger partial charge in [0.15, 0.2) is 0 Å². The zero-order valence-electron chi connectivity index (χ0n) is 11.7. The molecule has 1 aliphatic carbocycles. The maximum Gasteiger partial charge on any atom is 0.0224 e. The lowest BCUT2D eigenvalue weighted by Gasteiger charge is -2.40. The number of hydrogen-bond donors (Lipinski definition) is 1. The van der Waals surface area contributed by atoms with Crippen LogP contribution < -0.4 is 5.32 Å². The fourth-order valence-corrected chi connectivity index (χ4v) is 2.84. The quantitative estimate of drug-likeness (QED) is 0.738. The number of nitrogens with zero attached hydrogens (tertiary/aromatic N) is 1. The van der Waals surface area contributed by atoms with Gasteiger partial charge >= 0.3 is 0 Å². The third kappa shape index (κ3) is 3.82. The minimum atomic E-state index is 0.755. The highest BCUT2D eigenvalue weighted by molar-refractivity contribution is 5.00. The van der Waals surface area contributed by atoms with Crippen LogP contribution in [-0.4, -0.2) is 36.6 Å². The molecule has 1 N–H and O–H groups in total. The van der Waals surface area contributed by atoms with Gasteiger partial charge < -0.3 is 5.32 Å². The molecule has 17 heavy (non-hydrogen) atoms. The first-order valence-electron chi connectivity index (χ1n) is 7.31. The minimum absolute atomic E-state index is 0.755. The SMILES string of the molecule is CCCC1CNC(C2CC2)CN1CC=C(C)C. The van der Waals surface area contributed by atoms with Crippen molar-refractivity contribution in [3.63, 3.8) is 0 Å². The van der Waals surface area contributed by atoms with E-state index >= 15 is 0 Å². The summed E-state index contributed by atoms with van der Waals surface area (Å²) < 4.78 is 0. The second kappa shape index (κ2) is 6.01. The molecule has 0 aromatic rings. The van der Waals surface area contributed by atoms with Gasteiger partial charge in [0, 0.05) is 31.7 Å². The molecule has 2 aliphatic rings. The smallest absolute Gasteiger partial charge is 0.0224 e. The van der Waals surface area contributed by atoms with Crippen molar-refractivity contribution in [2.45, 2.75) is 58.5 Å². The van der Waals surface area contributed by atoms with Crippen molar-refractivity contribution in [2.24, 2.45) is 5.92 Å². The van der Waals surface area contributed by atoms with E-state index in [1.54, 1.807) is 0 Å². The first kappa shape index (κ1) is 13.1. The molecule has 2 rings (SSSR count). The van der Waals surface area contributed by atoms with E-state index in [2.05, 4.69) is 37.1 Å². The third-order valence-corrected chi connectivity index (χ3v) is 4.11. The Balaban J connectivity index is 1.90. The van der Waals surface area contributed by atoms with Crippen molar-refractivity contribution >= 4 is 0 Å².